The van der Waals surface area contributed by atoms with Gasteiger partial charge in [0.2, 0.25) is 0 Å². The van der Waals surface area contributed by atoms with Gasteiger partial charge in [-0.15, -0.1) is 0 Å². The zero-order chi connectivity index (χ0) is 34.9. The monoisotopic (exact) mass is 678 g/mol. The van der Waals surface area contributed by atoms with Crippen LogP contribution in [-0.4, -0.2) is 39.2 Å². The summed E-state index contributed by atoms with van der Waals surface area (Å²) in [7, 11) is -3.46. The highest BCUT2D eigenvalue weighted by atomic mass is 32.2. The summed E-state index contributed by atoms with van der Waals surface area (Å²) in [6.45, 7) is 3.30. The number of amides is 1. The van der Waals surface area contributed by atoms with E-state index in [9.17, 15) is 18.3 Å². The van der Waals surface area contributed by atoms with Gasteiger partial charge >= 0.3 is 0 Å². The van der Waals surface area contributed by atoms with E-state index in [0.29, 0.717) is 28.1 Å². The highest BCUT2D eigenvalue weighted by molar-refractivity contribution is 7.92. The van der Waals surface area contributed by atoms with Crippen molar-refractivity contribution in [1.29, 1.82) is 0 Å². The molecule has 2 aromatic heterocycles. The van der Waals surface area contributed by atoms with Crippen molar-refractivity contribution in [3.05, 3.63) is 174 Å². The van der Waals surface area contributed by atoms with Gasteiger partial charge in [0.1, 0.15) is 16.8 Å². The molecule has 0 radical (unpaired) electrons. The molecule has 0 aliphatic heterocycles. The fourth-order valence-corrected chi connectivity index (χ4v) is 7.44. The number of phenolic OH excluding ortho intramolecular Hbond substituents is 1. The molecular weight excluding hydrogens is 645 g/mol. The van der Waals surface area contributed by atoms with Crippen LogP contribution in [0.1, 0.15) is 40.9 Å². The molecule has 0 saturated heterocycles. The molecule has 8 nitrogen and oxygen atoms in total. The summed E-state index contributed by atoms with van der Waals surface area (Å²) in [6, 6.07) is 43.2. The van der Waals surface area contributed by atoms with Gasteiger partial charge in [-0.2, -0.15) is 0 Å². The van der Waals surface area contributed by atoms with Gasteiger partial charge in [-0.1, -0.05) is 115 Å². The van der Waals surface area contributed by atoms with E-state index in [1.54, 1.807) is 62.5 Å². The number of sulfone groups is 1. The Morgan fingerprint density at radius 3 is 1.78 bits per heavy atom. The molecule has 0 fully saturated rings. The second-order valence-electron chi connectivity index (χ2n) is 12.2. The number of aromatic hydroxyl groups is 1. The van der Waals surface area contributed by atoms with E-state index >= 15 is 0 Å². The van der Waals surface area contributed by atoms with Crippen molar-refractivity contribution >= 4 is 32.6 Å². The van der Waals surface area contributed by atoms with Crippen molar-refractivity contribution < 1.29 is 18.3 Å². The van der Waals surface area contributed by atoms with Crippen LogP contribution < -0.4 is 5.32 Å². The van der Waals surface area contributed by atoms with Crippen LogP contribution >= 0.6 is 0 Å². The number of carbonyl (C=O) groups is 1. The fraction of sp³-hybridized carbons (Fsp3) is 0.0976. The zero-order valence-electron chi connectivity index (χ0n) is 27.4. The van der Waals surface area contributed by atoms with Gasteiger partial charge in [0.05, 0.1) is 33.3 Å². The molecule has 248 valence electrons. The molecule has 2 heterocycles. The molecule has 7 rings (SSSR count). The Balaban J connectivity index is 1.50. The zero-order valence-corrected chi connectivity index (χ0v) is 28.2. The Hall–Kier alpha value is -6.06. The molecule has 0 bridgehead atoms. The molecule has 50 heavy (non-hydrogen) atoms. The number of carbonyl (C=O) groups excluding carboxylic acids is 1. The fourth-order valence-electron chi connectivity index (χ4n) is 6.38. The lowest BCUT2D eigenvalue weighted by Gasteiger charge is -2.38. The van der Waals surface area contributed by atoms with Gasteiger partial charge in [-0.25, -0.2) is 18.4 Å². The Morgan fingerprint density at radius 2 is 1.26 bits per heavy atom. The minimum absolute atomic E-state index is 0.111. The lowest BCUT2D eigenvalue weighted by atomic mass is 9.76. The molecule has 7 aromatic rings. The van der Waals surface area contributed by atoms with Crippen LogP contribution in [0.25, 0.3) is 22.4 Å². The minimum Gasteiger partial charge on any atom is -0.507 e. The molecule has 0 spiro atoms. The van der Waals surface area contributed by atoms with Gasteiger partial charge in [-0.3, -0.25) is 4.79 Å². The van der Waals surface area contributed by atoms with Gasteiger partial charge in [-0.05, 0) is 54.8 Å². The first-order valence-corrected chi connectivity index (χ1v) is 17.7. The first-order chi connectivity index (χ1) is 24.2. The summed E-state index contributed by atoms with van der Waals surface area (Å²) >= 11 is 0. The van der Waals surface area contributed by atoms with Crippen molar-refractivity contribution in [2.45, 2.75) is 29.5 Å². The number of nitrogens with zero attached hydrogens (tertiary/aromatic N) is 3. The molecule has 9 heteroatoms. The average Bonchev–Trinajstić information content (AvgIpc) is 3.50. The smallest absolute Gasteiger partial charge is 0.259 e. The molecule has 2 N–H and O–H groups in total. The van der Waals surface area contributed by atoms with Crippen LogP contribution in [0.15, 0.2) is 157 Å². The van der Waals surface area contributed by atoms with E-state index in [1.807, 2.05) is 65.4 Å². The molecule has 0 atom stereocenters. The Bertz CT molecular complexity index is 2310. The largest absolute Gasteiger partial charge is 0.507 e. The average molecular weight is 679 g/mol. The Morgan fingerprint density at radius 1 is 0.740 bits per heavy atom. The molecular formula is C41H34N4O4S. The standard InChI is InChI=1S/C41H34N4O4S/c1-28(2)50(48,49)33-24-22-29(23-25-33)35-26-42-39-38(43-35)36(44-40(47)34-20-12-13-21-37(34)46)27-45(39)41(30-14-6-3-7-15-30,31-16-8-4-9-17-31)32-18-10-5-11-19-32/h3-28,46H,1-2H3,(H,44,47). The lowest BCUT2D eigenvalue weighted by Crippen LogP contribution is -2.37. The predicted octanol–water partition coefficient (Wildman–Crippen LogP) is 8.08. The van der Waals surface area contributed by atoms with Crippen molar-refractivity contribution in [1.82, 2.24) is 14.5 Å². The van der Waals surface area contributed by atoms with E-state index in [0.717, 1.165) is 16.7 Å². The van der Waals surface area contributed by atoms with Gasteiger partial charge in [0.25, 0.3) is 5.91 Å². The highest BCUT2D eigenvalue weighted by Crippen LogP contribution is 2.44. The number of benzene rings is 5. The van der Waals surface area contributed by atoms with E-state index in [2.05, 4.69) is 41.7 Å². The number of aromatic nitrogens is 3. The number of fused-ring (bicyclic) bond motifs is 1. The van der Waals surface area contributed by atoms with Crippen LogP contribution in [0, 0.1) is 0 Å². The molecule has 1 amide bonds. The van der Waals surface area contributed by atoms with E-state index < -0.39 is 26.5 Å². The minimum atomic E-state index is -3.46. The van der Waals surface area contributed by atoms with Crippen LogP contribution in [0.2, 0.25) is 0 Å². The number of hydrogen-bond donors (Lipinski definition) is 2. The second kappa shape index (κ2) is 13.1. The number of para-hydroxylation sites is 1. The molecule has 0 aliphatic rings. The van der Waals surface area contributed by atoms with Crippen molar-refractivity contribution in [2.24, 2.45) is 0 Å². The first-order valence-electron chi connectivity index (χ1n) is 16.2. The van der Waals surface area contributed by atoms with Crippen LogP contribution in [0.4, 0.5) is 5.69 Å². The number of rotatable bonds is 9. The molecule has 0 saturated carbocycles. The van der Waals surface area contributed by atoms with Gasteiger partial charge in [0, 0.05) is 11.8 Å². The number of anilines is 1. The van der Waals surface area contributed by atoms with Crippen molar-refractivity contribution in [2.75, 3.05) is 5.32 Å². The second-order valence-corrected chi connectivity index (χ2v) is 14.7. The number of phenols is 1. The number of hydrogen-bond acceptors (Lipinski definition) is 6. The van der Waals surface area contributed by atoms with Crippen molar-refractivity contribution in [3.8, 4) is 17.0 Å². The summed E-state index contributed by atoms with van der Waals surface area (Å²) in [5, 5.41) is 13.0. The van der Waals surface area contributed by atoms with E-state index in [-0.39, 0.29) is 16.2 Å². The van der Waals surface area contributed by atoms with E-state index in [1.165, 1.54) is 6.07 Å². The summed E-state index contributed by atoms with van der Waals surface area (Å²) in [5.41, 5.74) is 4.48. The van der Waals surface area contributed by atoms with Crippen LogP contribution in [-0.2, 0) is 15.4 Å². The maximum Gasteiger partial charge on any atom is 0.259 e. The molecule has 0 aliphatic carbocycles. The predicted molar refractivity (Wildman–Crippen MR) is 196 cm³/mol. The summed E-state index contributed by atoms with van der Waals surface area (Å²) in [6.07, 6.45) is 3.50. The van der Waals surface area contributed by atoms with Crippen molar-refractivity contribution in [3.63, 3.8) is 0 Å². The quantitative estimate of drug-likeness (QED) is 0.149. The summed E-state index contributed by atoms with van der Waals surface area (Å²) in [5.74, 6) is -0.661. The normalized spacial score (nSPS) is 11.9. The van der Waals surface area contributed by atoms with Gasteiger partial charge < -0.3 is 15.0 Å². The summed E-state index contributed by atoms with van der Waals surface area (Å²) < 4.78 is 27.6. The molecule has 0 unspecified atom stereocenters. The van der Waals surface area contributed by atoms with E-state index in [4.69, 9.17) is 9.97 Å². The third-order valence-corrected chi connectivity index (χ3v) is 11.1. The van der Waals surface area contributed by atoms with Crippen LogP contribution in [0.5, 0.6) is 5.75 Å². The SMILES string of the molecule is CC(C)S(=O)(=O)c1ccc(-c2cnc3c(n2)c(NC(=O)c2ccccc2O)cn3C(c2ccccc2)(c2ccccc2)c2ccccc2)cc1. The third kappa shape index (κ3) is 5.61. The number of nitrogens with one attached hydrogen (secondary N) is 1. The maximum absolute atomic E-state index is 13.7. The topological polar surface area (TPSA) is 114 Å². The third-order valence-electron chi connectivity index (χ3n) is 8.93. The van der Waals surface area contributed by atoms with Crippen LogP contribution in [0.3, 0.4) is 0 Å². The lowest BCUT2D eigenvalue weighted by molar-refractivity contribution is 0.102. The first kappa shape index (κ1) is 32.5. The summed E-state index contributed by atoms with van der Waals surface area (Å²) in [4.78, 5) is 24.0. The Labute approximate surface area is 290 Å². The van der Waals surface area contributed by atoms with Gasteiger partial charge in [0.15, 0.2) is 15.5 Å². The molecule has 5 aromatic carbocycles. The Kier molecular flexibility index (Phi) is 8.51. The maximum atomic E-state index is 13.7. The highest BCUT2D eigenvalue weighted by Gasteiger charge is 2.40.